The molecule has 0 saturated carbocycles. The lowest BCUT2D eigenvalue weighted by molar-refractivity contribution is -0.0177. The Hall–Kier alpha value is -4.66. The molecule has 4 bridgehead atoms. The molecule has 0 amide bonds. The lowest BCUT2D eigenvalue weighted by Crippen LogP contribution is -2.55. The molecular weight excluding hydrogens is 717 g/mol. The van der Waals surface area contributed by atoms with Crippen LogP contribution in [0.3, 0.4) is 0 Å². The van der Waals surface area contributed by atoms with E-state index in [0.717, 1.165) is 58.6 Å². The van der Waals surface area contributed by atoms with Gasteiger partial charge in [0.25, 0.3) is 0 Å². The van der Waals surface area contributed by atoms with Crippen molar-refractivity contribution in [2.45, 2.75) is 90.1 Å². The van der Waals surface area contributed by atoms with Gasteiger partial charge in [-0.05, 0) is 136 Å². The molecule has 8 heteroatoms. The minimum atomic E-state index is 0.164. The van der Waals surface area contributed by atoms with E-state index in [4.69, 9.17) is 29.6 Å². The highest BCUT2D eigenvalue weighted by atomic mass is 16.5. The fourth-order valence-corrected chi connectivity index (χ4v) is 11.8. The van der Waals surface area contributed by atoms with Gasteiger partial charge < -0.3 is 9.47 Å². The van der Waals surface area contributed by atoms with E-state index < -0.39 is 0 Å². The SMILES string of the molecule is CCC1CN2CCC1C[C@@H]2[C@@H](COc1nnc(OC[C@@H](c2ccnc3ccc(C)cc23)[C@H]2C[C@H]3CCN2CC3CC)c2ccccc12)c1ccnc2ccc(C)cc12. The number of aryl methyl sites for hydroxylation is 2. The second kappa shape index (κ2) is 15.8. The van der Waals surface area contributed by atoms with Crippen molar-refractivity contribution in [1.82, 2.24) is 30.0 Å². The summed E-state index contributed by atoms with van der Waals surface area (Å²) in [5.41, 5.74) is 7.21. The van der Waals surface area contributed by atoms with E-state index >= 15 is 0 Å². The number of piperidine rings is 6. The monoisotopic (exact) mass is 774 g/mol. The number of ether oxygens (including phenoxy) is 2. The summed E-state index contributed by atoms with van der Waals surface area (Å²) in [7, 11) is 0. The zero-order chi connectivity index (χ0) is 39.3. The topological polar surface area (TPSA) is 76.5 Å². The highest BCUT2D eigenvalue weighted by Crippen LogP contribution is 2.46. The van der Waals surface area contributed by atoms with Crippen LogP contribution >= 0.6 is 0 Å². The molecule has 6 fully saturated rings. The van der Waals surface area contributed by atoms with Crippen molar-refractivity contribution in [3.63, 3.8) is 0 Å². The summed E-state index contributed by atoms with van der Waals surface area (Å²) in [4.78, 5) is 15.1. The smallest absolute Gasteiger partial charge is 0.241 e. The molecule has 6 aliphatic rings. The second-order valence-corrected chi connectivity index (χ2v) is 18.1. The highest BCUT2D eigenvalue weighted by molar-refractivity contribution is 5.90. The number of nitrogens with zero attached hydrogens (tertiary/aromatic N) is 6. The van der Waals surface area contributed by atoms with Gasteiger partial charge in [-0.25, -0.2) is 0 Å². The average Bonchev–Trinajstić information content (AvgIpc) is 3.27. The first-order valence-electron chi connectivity index (χ1n) is 22.1. The Morgan fingerprint density at radius 2 is 1.07 bits per heavy atom. The number of hydrogen-bond donors (Lipinski definition) is 0. The minimum Gasteiger partial charge on any atom is -0.475 e. The molecular formula is C50H58N6O2. The molecule has 0 N–H and O–H groups in total. The van der Waals surface area contributed by atoms with Crippen LogP contribution in [-0.2, 0) is 0 Å². The van der Waals surface area contributed by atoms with Gasteiger partial charge in [0.15, 0.2) is 0 Å². The van der Waals surface area contributed by atoms with Crippen molar-refractivity contribution < 1.29 is 9.47 Å². The molecule has 9 heterocycles. The van der Waals surface area contributed by atoms with E-state index in [9.17, 15) is 0 Å². The van der Waals surface area contributed by atoms with Gasteiger partial charge in [0, 0.05) is 60.2 Å². The van der Waals surface area contributed by atoms with E-state index in [1.54, 1.807) is 0 Å². The number of rotatable bonds is 12. The van der Waals surface area contributed by atoms with Crippen LogP contribution in [-0.4, -0.2) is 81.4 Å². The molecule has 3 aromatic heterocycles. The normalized spacial score (nSPS) is 27.6. The molecule has 10 atom stereocenters. The van der Waals surface area contributed by atoms with Crippen LogP contribution in [0.2, 0.25) is 0 Å². The van der Waals surface area contributed by atoms with Crippen LogP contribution in [0.25, 0.3) is 32.6 Å². The zero-order valence-corrected chi connectivity index (χ0v) is 34.7. The molecule has 300 valence electrons. The van der Waals surface area contributed by atoms with Crippen molar-refractivity contribution in [2.75, 3.05) is 39.4 Å². The van der Waals surface area contributed by atoms with E-state index in [2.05, 4.69) is 110 Å². The van der Waals surface area contributed by atoms with Crippen LogP contribution in [0.5, 0.6) is 11.8 Å². The van der Waals surface area contributed by atoms with Crippen LogP contribution in [0, 0.1) is 37.5 Å². The Morgan fingerprint density at radius 1 is 0.603 bits per heavy atom. The molecule has 12 rings (SSSR count). The van der Waals surface area contributed by atoms with E-state index in [0.29, 0.717) is 37.1 Å². The standard InChI is InChI=1S/C50H58N6O2/c1-5-33-27-55-21-17-35(33)25-47(55)43(37-15-19-51-45-13-11-31(3)23-41(37)45)29-57-49-39-9-7-8-10-40(39)50(54-53-49)58-30-44(48-26-36-18-22-56(48)28-34(36)6-2)38-16-20-52-46-14-12-32(4)24-42(38)46/h7-16,19-20,23-24,33-36,43-44,47-48H,5-6,17-18,21-22,25-30H2,1-4H3/t33?,34?,35-,36?,43+,44+,47-,48-/m1/s1. The molecule has 6 aliphatic heterocycles. The maximum absolute atomic E-state index is 6.90. The summed E-state index contributed by atoms with van der Waals surface area (Å²) in [5, 5.41) is 13.9. The summed E-state index contributed by atoms with van der Waals surface area (Å²) in [5.74, 6) is 4.56. The number of aromatic nitrogens is 4. The van der Waals surface area contributed by atoms with Gasteiger partial charge in [-0.1, -0.05) is 62.1 Å². The average molecular weight is 775 g/mol. The van der Waals surface area contributed by atoms with Gasteiger partial charge in [0.1, 0.15) is 0 Å². The summed E-state index contributed by atoms with van der Waals surface area (Å²) in [6, 6.07) is 26.9. The number of benzene rings is 3. The third kappa shape index (κ3) is 6.90. The highest BCUT2D eigenvalue weighted by Gasteiger charge is 2.45. The molecule has 0 radical (unpaired) electrons. The van der Waals surface area contributed by atoms with Gasteiger partial charge in [0.2, 0.25) is 11.8 Å². The number of hydrogen-bond acceptors (Lipinski definition) is 8. The predicted octanol–water partition coefficient (Wildman–Crippen LogP) is 9.91. The maximum Gasteiger partial charge on any atom is 0.241 e. The fourth-order valence-electron chi connectivity index (χ4n) is 11.8. The first-order valence-corrected chi connectivity index (χ1v) is 22.1. The zero-order valence-electron chi connectivity index (χ0n) is 34.7. The van der Waals surface area contributed by atoms with Gasteiger partial charge in [-0.15, -0.1) is 10.2 Å². The van der Waals surface area contributed by atoms with Crippen LogP contribution in [0.15, 0.2) is 85.2 Å². The molecule has 5 unspecified atom stereocenters. The molecule has 3 aromatic carbocycles. The molecule has 0 aliphatic carbocycles. The van der Waals surface area contributed by atoms with Crippen molar-refractivity contribution in [3.05, 3.63) is 107 Å². The Balaban J connectivity index is 0.963. The van der Waals surface area contributed by atoms with E-state index in [1.807, 2.05) is 12.4 Å². The van der Waals surface area contributed by atoms with Crippen molar-refractivity contribution in [3.8, 4) is 11.8 Å². The molecule has 6 saturated heterocycles. The van der Waals surface area contributed by atoms with Gasteiger partial charge >= 0.3 is 0 Å². The van der Waals surface area contributed by atoms with Crippen molar-refractivity contribution >= 4 is 32.6 Å². The second-order valence-electron chi connectivity index (χ2n) is 18.1. The van der Waals surface area contributed by atoms with Crippen molar-refractivity contribution in [2.24, 2.45) is 23.7 Å². The van der Waals surface area contributed by atoms with Gasteiger partial charge in [-0.2, -0.15) is 0 Å². The van der Waals surface area contributed by atoms with E-state index in [1.165, 1.54) is 84.6 Å². The first kappa shape index (κ1) is 37.6. The Bertz CT molecular complexity index is 2270. The molecule has 8 nitrogen and oxygen atoms in total. The number of pyridine rings is 2. The third-order valence-electron chi connectivity index (χ3n) is 14.9. The fraction of sp³-hybridized carbons (Fsp3) is 0.480. The molecule has 58 heavy (non-hydrogen) atoms. The lowest BCUT2D eigenvalue weighted by Gasteiger charge is -2.52. The van der Waals surface area contributed by atoms with Gasteiger partial charge in [0.05, 0.1) is 35.0 Å². The van der Waals surface area contributed by atoms with Crippen LogP contribution in [0.1, 0.15) is 86.5 Å². The molecule has 6 aromatic rings. The largest absolute Gasteiger partial charge is 0.475 e. The van der Waals surface area contributed by atoms with E-state index in [-0.39, 0.29) is 11.8 Å². The maximum atomic E-state index is 6.90. The Kier molecular flexibility index (Phi) is 10.3. The van der Waals surface area contributed by atoms with Crippen LogP contribution < -0.4 is 9.47 Å². The lowest BCUT2D eigenvalue weighted by atomic mass is 9.70. The molecule has 0 spiro atoms. The first-order chi connectivity index (χ1) is 28.4. The Morgan fingerprint density at radius 3 is 1.48 bits per heavy atom. The van der Waals surface area contributed by atoms with Gasteiger partial charge in [-0.3, -0.25) is 19.8 Å². The summed E-state index contributed by atoms with van der Waals surface area (Å²) < 4.78 is 13.8. The summed E-state index contributed by atoms with van der Waals surface area (Å²) in [6.45, 7) is 14.8. The Labute approximate surface area is 343 Å². The van der Waals surface area contributed by atoms with Crippen molar-refractivity contribution in [1.29, 1.82) is 0 Å². The predicted molar refractivity (Wildman–Crippen MR) is 233 cm³/mol. The summed E-state index contributed by atoms with van der Waals surface area (Å²) in [6.07, 6.45) is 11.5. The summed E-state index contributed by atoms with van der Waals surface area (Å²) >= 11 is 0. The van der Waals surface area contributed by atoms with Crippen LogP contribution in [0.4, 0.5) is 0 Å². The minimum absolute atomic E-state index is 0.164. The number of fused-ring (bicyclic) bond motifs is 9. The third-order valence-corrected chi connectivity index (χ3v) is 14.9. The quantitative estimate of drug-likeness (QED) is 0.122.